The Balaban J connectivity index is 2.52. The minimum absolute atomic E-state index is 0.162. The number of hydrogen-bond acceptors (Lipinski definition) is 4. The number of sulfone groups is 1. The number of imidazole rings is 1. The van der Waals surface area contributed by atoms with E-state index in [1.165, 1.54) is 0 Å². The van der Waals surface area contributed by atoms with Gasteiger partial charge in [-0.15, -0.1) is 0 Å². The van der Waals surface area contributed by atoms with E-state index in [4.69, 9.17) is 0 Å². The lowest BCUT2D eigenvalue weighted by atomic mass is 10.1. The second-order valence-corrected chi connectivity index (χ2v) is 6.62. The summed E-state index contributed by atoms with van der Waals surface area (Å²) in [6.45, 7) is 1.69. The molecule has 1 aromatic heterocycles. The van der Waals surface area contributed by atoms with Gasteiger partial charge in [0.2, 0.25) is 0 Å². The van der Waals surface area contributed by atoms with Crippen LogP contribution in [-0.2, 0) is 16.9 Å². The molecule has 0 aromatic carbocycles. The van der Waals surface area contributed by atoms with Crippen molar-refractivity contribution in [2.24, 2.45) is 7.05 Å². The topological polar surface area (TPSA) is 64.0 Å². The van der Waals surface area contributed by atoms with E-state index in [2.05, 4.69) is 10.3 Å². The lowest BCUT2D eigenvalue weighted by molar-refractivity contribution is 0.510. The van der Waals surface area contributed by atoms with Gasteiger partial charge >= 0.3 is 0 Å². The van der Waals surface area contributed by atoms with Crippen molar-refractivity contribution < 1.29 is 8.42 Å². The van der Waals surface area contributed by atoms with Crippen molar-refractivity contribution in [2.45, 2.75) is 25.8 Å². The van der Waals surface area contributed by atoms with Gasteiger partial charge in [-0.1, -0.05) is 6.92 Å². The molecule has 1 rings (SSSR count). The molecule has 0 fully saturated rings. The zero-order valence-electron chi connectivity index (χ0n) is 10.7. The summed E-state index contributed by atoms with van der Waals surface area (Å²) in [5.41, 5.74) is 1.08. The van der Waals surface area contributed by atoms with Crippen LogP contribution in [0.3, 0.4) is 0 Å². The maximum atomic E-state index is 11.4. The lowest BCUT2D eigenvalue weighted by Gasteiger charge is -2.16. The minimum Gasteiger partial charge on any atom is -0.336 e. The molecule has 1 aromatic rings. The Kier molecular flexibility index (Phi) is 5.14. The number of nitrogens with zero attached hydrogens (tertiary/aromatic N) is 2. The van der Waals surface area contributed by atoms with Crippen LogP contribution in [0.4, 0.5) is 0 Å². The molecule has 0 radical (unpaired) electrons. The first kappa shape index (κ1) is 14.2. The van der Waals surface area contributed by atoms with Crippen LogP contribution < -0.4 is 5.32 Å². The minimum atomic E-state index is -2.85. The van der Waals surface area contributed by atoms with Gasteiger partial charge in [0.1, 0.15) is 9.84 Å². The van der Waals surface area contributed by atoms with Gasteiger partial charge < -0.3 is 9.88 Å². The highest BCUT2D eigenvalue weighted by molar-refractivity contribution is 7.91. The summed E-state index contributed by atoms with van der Waals surface area (Å²) in [6, 6.07) is 0.162. The van der Waals surface area contributed by atoms with Gasteiger partial charge in [-0.25, -0.2) is 13.4 Å². The first-order chi connectivity index (χ1) is 8.00. The quantitative estimate of drug-likeness (QED) is 0.790. The van der Waals surface area contributed by atoms with Crippen molar-refractivity contribution in [2.75, 3.05) is 18.6 Å². The Labute approximate surface area is 103 Å². The van der Waals surface area contributed by atoms with E-state index in [0.717, 1.165) is 12.1 Å². The third kappa shape index (κ3) is 4.12. The molecular formula is C11H21N3O2S. The van der Waals surface area contributed by atoms with Crippen molar-refractivity contribution >= 4 is 9.84 Å². The third-order valence-electron chi connectivity index (χ3n) is 2.95. The van der Waals surface area contributed by atoms with Crippen LogP contribution >= 0.6 is 0 Å². The molecule has 17 heavy (non-hydrogen) atoms. The normalized spacial score (nSPS) is 13.8. The number of rotatable bonds is 7. The van der Waals surface area contributed by atoms with Gasteiger partial charge in [-0.3, -0.25) is 0 Å². The summed E-state index contributed by atoms with van der Waals surface area (Å²) < 4.78 is 24.7. The largest absolute Gasteiger partial charge is 0.336 e. The van der Waals surface area contributed by atoms with Gasteiger partial charge in [0.25, 0.3) is 0 Å². The van der Waals surface area contributed by atoms with E-state index in [-0.39, 0.29) is 17.5 Å². The van der Waals surface area contributed by atoms with Crippen molar-refractivity contribution in [3.8, 4) is 0 Å². The van der Waals surface area contributed by atoms with Crippen LogP contribution in [0.1, 0.15) is 31.5 Å². The van der Waals surface area contributed by atoms with Gasteiger partial charge in [0, 0.05) is 25.0 Å². The molecule has 0 aliphatic heterocycles. The summed E-state index contributed by atoms with van der Waals surface area (Å²) >= 11 is 0. The fourth-order valence-corrected chi connectivity index (χ4v) is 2.69. The molecule has 1 N–H and O–H groups in total. The molecule has 1 heterocycles. The molecule has 5 nitrogen and oxygen atoms in total. The molecule has 0 saturated heterocycles. The molecule has 0 spiro atoms. The van der Waals surface area contributed by atoms with Crippen LogP contribution in [0, 0.1) is 0 Å². The Hall–Kier alpha value is -0.880. The van der Waals surface area contributed by atoms with Crippen LogP contribution in [0.25, 0.3) is 0 Å². The monoisotopic (exact) mass is 259 g/mol. The summed E-state index contributed by atoms with van der Waals surface area (Å²) in [5.74, 6) is 0.489. The molecule has 1 unspecified atom stereocenters. The number of aryl methyl sites for hydroxylation is 1. The van der Waals surface area contributed by atoms with Crippen molar-refractivity contribution in [1.29, 1.82) is 0 Å². The maximum Gasteiger partial charge on any atom is 0.150 e. The van der Waals surface area contributed by atoms with E-state index in [0.29, 0.717) is 6.42 Å². The molecular weight excluding hydrogens is 238 g/mol. The second-order valence-electron chi connectivity index (χ2n) is 4.15. The molecule has 0 aliphatic carbocycles. The second kappa shape index (κ2) is 6.16. The Morgan fingerprint density at radius 3 is 2.71 bits per heavy atom. The fraction of sp³-hybridized carbons (Fsp3) is 0.727. The van der Waals surface area contributed by atoms with E-state index >= 15 is 0 Å². The van der Waals surface area contributed by atoms with Crippen LogP contribution in [-0.4, -0.2) is 36.5 Å². The SMILES string of the molecule is CCS(=O)(=O)CCCC(NC)c1cncn1C. The van der Waals surface area contributed by atoms with Gasteiger partial charge in [-0.05, 0) is 19.9 Å². The smallest absolute Gasteiger partial charge is 0.150 e. The molecule has 0 amide bonds. The average Bonchev–Trinajstić information content (AvgIpc) is 2.71. The first-order valence-corrected chi connectivity index (χ1v) is 7.66. The fourth-order valence-electron chi connectivity index (χ4n) is 1.80. The highest BCUT2D eigenvalue weighted by Gasteiger charge is 2.14. The summed E-state index contributed by atoms with van der Waals surface area (Å²) in [5, 5.41) is 3.19. The van der Waals surface area contributed by atoms with Gasteiger partial charge in [0.15, 0.2) is 0 Å². The molecule has 0 saturated carbocycles. The third-order valence-corrected chi connectivity index (χ3v) is 4.74. The predicted octanol–water partition coefficient (Wildman–Crippen LogP) is 0.895. The van der Waals surface area contributed by atoms with Gasteiger partial charge in [0.05, 0.1) is 17.8 Å². The van der Waals surface area contributed by atoms with Crippen molar-refractivity contribution in [3.05, 3.63) is 18.2 Å². The Morgan fingerprint density at radius 2 is 2.24 bits per heavy atom. The van der Waals surface area contributed by atoms with E-state index < -0.39 is 9.84 Å². The Bertz CT molecular complexity index is 439. The molecule has 0 aliphatic rings. The van der Waals surface area contributed by atoms with Crippen LogP contribution in [0.15, 0.2) is 12.5 Å². The number of aromatic nitrogens is 2. The zero-order chi connectivity index (χ0) is 12.9. The number of hydrogen-bond donors (Lipinski definition) is 1. The van der Waals surface area contributed by atoms with Crippen molar-refractivity contribution in [1.82, 2.24) is 14.9 Å². The van der Waals surface area contributed by atoms with E-state index in [9.17, 15) is 8.42 Å². The zero-order valence-corrected chi connectivity index (χ0v) is 11.5. The van der Waals surface area contributed by atoms with Gasteiger partial charge in [-0.2, -0.15) is 0 Å². The lowest BCUT2D eigenvalue weighted by Crippen LogP contribution is -2.20. The van der Waals surface area contributed by atoms with E-state index in [1.807, 2.05) is 24.9 Å². The Morgan fingerprint density at radius 1 is 1.53 bits per heavy atom. The number of nitrogens with one attached hydrogen (secondary N) is 1. The maximum absolute atomic E-state index is 11.4. The highest BCUT2D eigenvalue weighted by Crippen LogP contribution is 2.17. The predicted molar refractivity (Wildman–Crippen MR) is 68.6 cm³/mol. The molecule has 98 valence electrons. The van der Waals surface area contributed by atoms with Crippen LogP contribution in [0.5, 0.6) is 0 Å². The van der Waals surface area contributed by atoms with E-state index in [1.54, 1.807) is 13.3 Å². The molecule has 1 atom stereocenters. The summed E-state index contributed by atoms with van der Waals surface area (Å²) in [7, 11) is 0.968. The first-order valence-electron chi connectivity index (χ1n) is 5.84. The van der Waals surface area contributed by atoms with Crippen molar-refractivity contribution in [3.63, 3.8) is 0 Å². The average molecular weight is 259 g/mol. The molecule has 6 heteroatoms. The summed E-state index contributed by atoms with van der Waals surface area (Å²) in [6.07, 6.45) is 5.04. The summed E-state index contributed by atoms with van der Waals surface area (Å²) in [4.78, 5) is 4.07. The van der Waals surface area contributed by atoms with Crippen LogP contribution in [0.2, 0.25) is 0 Å². The highest BCUT2D eigenvalue weighted by atomic mass is 32.2. The molecule has 0 bridgehead atoms. The standard InChI is InChI=1S/C11H21N3O2S/c1-4-17(15,16)7-5-6-10(12-2)11-8-13-9-14(11)3/h8-10,12H,4-7H2,1-3H3.